The monoisotopic (exact) mass is 939 g/mol. The smallest absolute Gasteiger partial charge is 0.354 e. The van der Waals surface area contributed by atoms with E-state index in [-0.39, 0.29) is 29.6 Å². The fourth-order valence-corrected chi connectivity index (χ4v) is 11.6. The molecule has 0 radical (unpaired) electrons. The standard InChI is InChI=1S/C51H46ClN5O7S2/c52-31-49(46(60)61)32-57-44(59)41(45(57)66-33-49)54-43(58)40(56-64-50(28-16-17-29-50)47(62)63-42(34-18-6-1-7-19-34)35-20-8-2-9-21-35)39-30-65-48(53-39)55-51(36-22-10-3-11-23-36,37-24-12-4-13-25-37)38-26-14-5-15-27-38/h1-15,18-27,30,41-42,45H,16-17,28-29,31-33H2,(H,53,55)(H,54,58)(H,60,61)/t41?,45-,49?/m1/s1. The molecule has 3 aliphatic rings. The molecule has 0 spiro atoms. The highest BCUT2D eigenvalue weighted by Gasteiger charge is 2.57. The number of aliphatic carboxylic acids is 1. The number of carbonyl (C=O) groups excluding carboxylic acids is 3. The summed E-state index contributed by atoms with van der Waals surface area (Å²) in [6, 6.07) is 48.0. The highest BCUT2D eigenvalue weighted by molar-refractivity contribution is 8.00. The first kappa shape index (κ1) is 44.7. The van der Waals surface area contributed by atoms with Crippen LogP contribution in [0.3, 0.4) is 0 Å². The lowest BCUT2D eigenvalue weighted by Crippen LogP contribution is -2.74. The Labute approximate surface area is 395 Å². The number of nitrogens with one attached hydrogen (secondary N) is 2. The minimum absolute atomic E-state index is 0.0799. The van der Waals surface area contributed by atoms with E-state index in [4.69, 9.17) is 26.2 Å². The Morgan fingerprint density at radius 2 is 1.33 bits per heavy atom. The van der Waals surface area contributed by atoms with E-state index in [1.54, 1.807) is 5.38 Å². The van der Waals surface area contributed by atoms with E-state index in [0.29, 0.717) is 30.8 Å². The van der Waals surface area contributed by atoms with Crippen molar-refractivity contribution in [3.05, 3.63) is 191 Å². The highest BCUT2D eigenvalue weighted by Crippen LogP contribution is 2.44. The normalized spacial score (nSPS) is 20.2. The van der Waals surface area contributed by atoms with Gasteiger partial charge in [-0.1, -0.05) is 157 Å². The summed E-state index contributed by atoms with van der Waals surface area (Å²) in [5, 5.41) is 22.7. The summed E-state index contributed by atoms with van der Waals surface area (Å²) in [5.41, 5.74) is 0.503. The number of esters is 1. The Hall–Kier alpha value is -6.48. The van der Waals surface area contributed by atoms with Gasteiger partial charge < -0.3 is 30.2 Å². The van der Waals surface area contributed by atoms with Crippen molar-refractivity contribution in [2.75, 3.05) is 23.5 Å². The number of halogens is 1. The lowest BCUT2D eigenvalue weighted by Gasteiger charge is -2.53. The topological polar surface area (TPSA) is 160 Å². The van der Waals surface area contributed by atoms with Gasteiger partial charge in [-0.2, -0.15) is 0 Å². The lowest BCUT2D eigenvalue weighted by atomic mass is 9.77. The number of aromatic nitrogens is 1. The van der Waals surface area contributed by atoms with Crippen LogP contribution >= 0.6 is 34.7 Å². The minimum Gasteiger partial charge on any atom is -0.481 e. The number of carboxylic acid groups (broad SMARTS) is 1. The summed E-state index contributed by atoms with van der Waals surface area (Å²) >= 11 is 8.63. The molecule has 66 heavy (non-hydrogen) atoms. The molecule has 3 atom stereocenters. The second-order valence-corrected chi connectivity index (χ2v) is 18.9. The van der Waals surface area contributed by atoms with Crippen LogP contribution < -0.4 is 10.6 Å². The predicted octanol–water partition coefficient (Wildman–Crippen LogP) is 8.62. The summed E-state index contributed by atoms with van der Waals surface area (Å²) in [4.78, 5) is 67.8. The van der Waals surface area contributed by atoms with Gasteiger partial charge in [-0.25, -0.2) is 9.78 Å². The van der Waals surface area contributed by atoms with Crippen molar-refractivity contribution < 1.29 is 33.9 Å². The van der Waals surface area contributed by atoms with Crippen molar-refractivity contribution in [1.29, 1.82) is 0 Å². The molecule has 2 saturated heterocycles. The number of fused-ring (bicyclic) bond motifs is 1. The zero-order chi connectivity index (χ0) is 45.7. The molecule has 2 aliphatic heterocycles. The Morgan fingerprint density at radius 3 is 1.83 bits per heavy atom. The van der Waals surface area contributed by atoms with Crippen LogP contribution in [0.1, 0.15) is 65.3 Å². The summed E-state index contributed by atoms with van der Waals surface area (Å²) in [6.07, 6.45) is 1.16. The van der Waals surface area contributed by atoms with Crippen LogP contribution in [-0.2, 0) is 34.3 Å². The van der Waals surface area contributed by atoms with E-state index in [1.165, 1.54) is 28.0 Å². The van der Waals surface area contributed by atoms with Crippen molar-refractivity contribution in [3.63, 3.8) is 0 Å². The van der Waals surface area contributed by atoms with E-state index in [0.717, 1.165) is 27.8 Å². The van der Waals surface area contributed by atoms with Crippen LogP contribution in [-0.4, -0.2) is 79.6 Å². The van der Waals surface area contributed by atoms with E-state index < -0.39 is 57.8 Å². The molecule has 0 bridgehead atoms. The Bertz CT molecular complexity index is 2570. The fourth-order valence-electron chi connectivity index (χ4n) is 8.90. The van der Waals surface area contributed by atoms with Crippen LogP contribution in [0.2, 0.25) is 0 Å². The first-order chi connectivity index (χ1) is 32.2. The molecular weight excluding hydrogens is 894 g/mol. The third kappa shape index (κ3) is 8.56. The maximum absolute atomic E-state index is 14.7. The second kappa shape index (κ2) is 19.2. The molecule has 15 heteroatoms. The van der Waals surface area contributed by atoms with Gasteiger partial charge in [0, 0.05) is 36.4 Å². The lowest BCUT2D eigenvalue weighted by molar-refractivity contribution is -0.176. The van der Waals surface area contributed by atoms with Crippen molar-refractivity contribution in [2.24, 2.45) is 10.6 Å². The molecular formula is C51H46ClN5O7S2. The highest BCUT2D eigenvalue weighted by atomic mass is 35.5. The maximum atomic E-state index is 14.7. The molecule has 2 amide bonds. The van der Waals surface area contributed by atoms with E-state index in [1.807, 2.05) is 152 Å². The van der Waals surface area contributed by atoms with E-state index >= 15 is 0 Å². The summed E-state index contributed by atoms with van der Waals surface area (Å²) in [7, 11) is 0. The number of alkyl halides is 1. The van der Waals surface area contributed by atoms with Crippen LogP contribution in [0.25, 0.3) is 0 Å². The zero-order valence-corrected chi connectivity index (χ0v) is 38.0. The van der Waals surface area contributed by atoms with Crippen molar-refractivity contribution >= 4 is 69.3 Å². The van der Waals surface area contributed by atoms with Crippen molar-refractivity contribution in [2.45, 2.75) is 54.3 Å². The Kier molecular flexibility index (Phi) is 13.0. The number of benzene rings is 5. The van der Waals surface area contributed by atoms with Gasteiger partial charge in [0.15, 0.2) is 16.9 Å². The van der Waals surface area contributed by atoms with E-state index in [2.05, 4.69) is 15.8 Å². The number of carboxylic acids is 1. The molecule has 1 aliphatic carbocycles. The van der Waals surface area contributed by atoms with Gasteiger partial charge in [0.05, 0.1) is 0 Å². The molecule has 3 N–H and O–H groups in total. The number of ether oxygens (including phenoxy) is 1. The number of hydrogen-bond acceptors (Lipinski definition) is 11. The number of thioether (sulfide) groups is 1. The van der Waals surface area contributed by atoms with Crippen molar-refractivity contribution in [1.82, 2.24) is 15.2 Å². The molecule has 1 saturated carbocycles. The Morgan fingerprint density at radius 1 is 0.818 bits per heavy atom. The van der Waals surface area contributed by atoms with Gasteiger partial charge >= 0.3 is 11.9 Å². The summed E-state index contributed by atoms with van der Waals surface area (Å²) in [6.45, 7) is -0.0799. The van der Waals surface area contributed by atoms with Gasteiger partial charge in [-0.3, -0.25) is 14.4 Å². The molecule has 336 valence electrons. The van der Waals surface area contributed by atoms with E-state index in [9.17, 15) is 24.3 Å². The largest absolute Gasteiger partial charge is 0.481 e. The number of anilines is 1. The second-order valence-electron chi connectivity index (χ2n) is 16.7. The van der Waals surface area contributed by atoms with Crippen LogP contribution in [0.15, 0.2) is 162 Å². The quantitative estimate of drug-likeness (QED) is 0.0214. The molecule has 6 aromatic rings. The first-order valence-corrected chi connectivity index (χ1v) is 24.1. The van der Waals surface area contributed by atoms with Gasteiger partial charge in [-0.15, -0.1) is 34.7 Å². The number of rotatable bonds is 16. The number of thiazole rings is 1. The van der Waals surface area contributed by atoms with Crippen molar-refractivity contribution in [3.8, 4) is 0 Å². The van der Waals surface area contributed by atoms with Gasteiger partial charge in [0.2, 0.25) is 11.5 Å². The average Bonchev–Trinajstić information content (AvgIpc) is 4.06. The fraction of sp³-hybridized carbons (Fsp3) is 0.255. The number of hydrogen-bond donors (Lipinski definition) is 3. The summed E-state index contributed by atoms with van der Waals surface area (Å²) < 4.78 is 6.34. The molecule has 9 rings (SSSR count). The maximum Gasteiger partial charge on any atom is 0.354 e. The van der Waals surface area contributed by atoms with Crippen LogP contribution in [0.5, 0.6) is 0 Å². The van der Waals surface area contributed by atoms with Gasteiger partial charge in [0.1, 0.15) is 28.1 Å². The molecule has 1 aromatic heterocycles. The Balaban J connectivity index is 1.07. The predicted molar refractivity (Wildman–Crippen MR) is 255 cm³/mol. The number of β-lactam (4-membered cyclic amide) rings is 1. The molecule has 12 nitrogen and oxygen atoms in total. The number of amides is 2. The van der Waals surface area contributed by atoms with Gasteiger partial charge in [0.25, 0.3) is 5.91 Å². The SMILES string of the molecule is O=C(NC1C(=O)N2CC(CCl)(C(=O)O)CS[C@H]12)C(=NOC1(C(=O)OC(c2ccccc2)c2ccccc2)CCCC1)c1csc(NC(c2ccccc2)(c2ccccc2)c2ccccc2)n1. The van der Waals surface area contributed by atoms with Crippen LogP contribution in [0.4, 0.5) is 5.13 Å². The van der Waals surface area contributed by atoms with Crippen LogP contribution in [0, 0.1) is 5.41 Å². The third-order valence-corrected chi connectivity index (χ3v) is 15.4. The summed E-state index contributed by atoms with van der Waals surface area (Å²) in [5.74, 6) is -2.92. The number of oxime groups is 1. The zero-order valence-electron chi connectivity index (χ0n) is 35.6. The van der Waals surface area contributed by atoms with Gasteiger partial charge in [-0.05, 0) is 40.7 Å². The number of nitrogens with zero attached hydrogens (tertiary/aromatic N) is 3. The first-order valence-electron chi connectivity index (χ1n) is 21.7. The molecule has 5 aromatic carbocycles. The molecule has 3 heterocycles. The molecule has 2 unspecified atom stereocenters. The average molecular weight is 941 g/mol. The molecule has 3 fully saturated rings. The minimum atomic E-state index is -1.53. The number of carbonyl (C=O) groups is 4. The third-order valence-electron chi connectivity index (χ3n) is 12.5.